The minimum atomic E-state index is -0.594. The molecule has 6 heteroatoms. The van der Waals surface area contributed by atoms with Crippen LogP contribution in [0.25, 0.3) is 0 Å². The minimum Gasteiger partial charge on any atom is -0.460 e. The Balaban J connectivity index is 2.73. The van der Waals surface area contributed by atoms with Crippen LogP contribution in [0, 0.1) is 0 Å². The molecule has 1 aliphatic rings. The Bertz CT molecular complexity index is 408. The number of aliphatic hydroxyl groups is 1. The molecule has 2 atom stereocenters. The normalized spacial score (nSPS) is 23.1. The van der Waals surface area contributed by atoms with Crippen molar-refractivity contribution < 1.29 is 24.2 Å². The number of ether oxygens (including phenoxy) is 2. The van der Waals surface area contributed by atoms with Crippen LogP contribution < -0.4 is 0 Å². The SMILES string of the molecule is CC(C)(C)OC(=O)C[C@H]1C[C@@H](O)CCN1C(=O)OC(C)(C)C. The highest BCUT2D eigenvalue weighted by molar-refractivity contribution is 5.73. The van der Waals surface area contributed by atoms with E-state index in [-0.39, 0.29) is 12.4 Å². The van der Waals surface area contributed by atoms with E-state index in [9.17, 15) is 14.7 Å². The summed E-state index contributed by atoms with van der Waals surface area (Å²) < 4.78 is 10.7. The van der Waals surface area contributed by atoms with Crippen LogP contribution in [0.1, 0.15) is 60.8 Å². The molecular formula is C16H29NO5. The summed E-state index contributed by atoms with van der Waals surface area (Å²) in [5, 5.41) is 9.83. The number of nitrogens with zero attached hydrogens (tertiary/aromatic N) is 1. The first-order chi connectivity index (χ1) is 9.87. The summed E-state index contributed by atoms with van der Waals surface area (Å²) in [4.78, 5) is 25.8. The Hall–Kier alpha value is -1.30. The van der Waals surface area contributed by atoms with Gasteiger partial charge in [0.25, 0.3) is 0 Å². The summed E-state index contributed by atoms with van der Waals surface area (Å²) in [6.45, 7) is 11.2. The van der Waals surface area contributed by atoms with Crippen LogP contribution in [-0.4, -0.2) is 52.0 Å². The predicted molar refractivity (Wildman–Crippen MR) is 82.4 cm³/mol. The van der Waals surface area contributed by atoms with Gasteiger partial charge in [-0.2, -0.15) is 0 Å². The molecule has 0 spiro atoms. The zero-order valence-electron chi connectivity index (χ0n) is 14.5. The third-order valence-electron chi connectivity index (χ3n) is 3.14. The Labute approximate surface area is 132 Å². The van der Waals surface area contributed by atoms with Crippen LogP contribution in [-0.2, 0) is 14.3 Å². The van der Waals surface area contributed by atoms with E-state index in [2.05, 4.69) is 0 Å². The van der Waals surface area contributed by atoms with E-state index in [0.29, 0.717) is 19.4 Å². The van der Waals surface area contributed by atoms with Gasteiger partial charge in [-0.05, 0) is 54.4 Å². The Morgan fingerprint density at radius 3 is 2.14 bits per heavy atom. The molecule has 0 aromatic carbocycles. The lowest BCUT2D eigenvalue weighted by Gasteiger charge is -2.38. The van der Waals surface area contributed by atoms with E-state index in [4.69, 9.17) is 9.47 Å². The van der Waals surface area contributed by atoms with E-state index < -0.39 is 29.4 Å². The first-order valence-corrected chi connectivity index (χ1v) is 7.77. The molecule has 1 heterocycles. The number of piperidine rings is 1. The van der Waals surface area contributed by atoms with Gasteiger partial charge in [0, 0.05) is 12.6 Å². The lowest BCUT2D eigenvalue weighted by molar-refractivity contribution is -0.156. The summed E-state index contributed by atoms with van der Waals surface area (Å²) >= 11 is 0. The van der Waals surface area contributed by atoms with Crippen molar-refractivity contribution in [1.29, 1.82) is 0 Å². The van der Waals surface area contributed by atoms with Crippen LogP contribution in [0.3, 0.4) is 0 Å². The first kappa shape index (κ1) is 18.7. The zero-order chi connectivity index (χ0) is 17.1. The maximum Gasteiger partial charge on any atom is 0.410 e. The van der Waals surface area contributed by atoms with Crippen molar-refractivity contribution in [3.63, 3.8) is 0 Å². The van der Waals surface area contributed by atoms with Gasteiger partial charge in [0.1, 0.15) is 11.2 Å². The number of rotatable bonds is 2. The van der Waals surface area contributed by atoms with Gasteiger partial charge < -0.3 is 19.5 Å². The fraction of sp³-hybridized carbons (Fsp3) is 0.875. The maximum absolute atomic E-state index is 12.3. The van der Waals surface area contributed by atoms with Gasteiger partial charge in [0.15, 0.2) is 0 Å². The number of esters is 1. The molecule has 1 amide bonds. The molecule has 0 unspecified atom stereocenters. The lowest BCUT2D eigenvalue weighted by atomic mass is 9.97. The molecule has 0 aliphatic carbocycles. The van der Waals surface area contributed by atoms with Crippen molar-refractivity contribution in [2.45, 2.75) is 84.2 Å². The van der Waals surface area contributed by atoms with Crippen molar-refractivity contribution in [1.82, 2.24) is 4.90 Å². The van der Waals surface area contributed by atoms with Crippen molar-refractivity contribution >= 4 is 12.1 Å². The summed E-state index contributed by atoms with van der Waals surface area (Å²) in [7, 11) is 0. The van der Waals surface area contributed by atoms with Crippen LogP contribution in [0.15, 0.2) is 0 Å². The second-order valence-electron chi connectivity index (χ2n) is 7.80. The molecule has 1 saturated heterocycles. The quantitative estimate of drug-likeness (QED) is 0.792. The van der Waals surface area contributed by atoms with E-state index in [1.807, 2.05) is 0 Å². The molecule has 0 radical (unpaired) electrons. The standard InChI is InChI=1S/C16H29NO5/c1-15(2,3)21-13(19)10-11-9-12(18)7-8-17(11)14(20)22-16(4,5)6/h11-12,18H,7-10H2,1-6H3/t11-,12+/m1/s1. The van der Waals surface area contributed by atoms with Crippen LogP contribution in [0.4, 0.5) is 4.79 Å². The van der Waals surface area contributed by atoms with E-state index in [1.54, 1.807) is 41.5 Å². The summed E-state index contributed by atoms with van der Waals surface area (Å²) in [5.41, 5.74) is -1.16. The molecule has 128 valence electrons. The van der Waals surface area contributed by atoms with Crippen molar-refractivity contribution in [3.05, 3.63) is 0 Å². The molecule has 1 aliphatic heterocycles. The Morgan fingerprint density at radius 1 is 1.09 bits per heavy atom. The van der Waals surface area contributed by atoms with Gasteiger partial charge in [0.2, 0.25) is 0 Å². The Kier molecular flexibility index (Phi) is 5.84. The number of amides is 1. The molecule has 0 saturated carbocycles. The fourth-order valence-corrected chi connectivity index (χ4v) is 2.36. The maximum atomic E-state index is 12.3. The molecule has 1 fully saturated rings. The Morgan fingerprint density at radius 2 is 1.64 bits per heavy atom. The number of carbonyl (C=O) groups excluding carboxylic acids is 2. The van der Waals surface area contributed by atoms with Crippen molar-refractivity contribution in [2.75, 3.05) is 6.54 Å². The van der Waals surface area contributed by atoms with Gasteiger partial charge in [0.05, 0.1) is 12.5 Å². The second-order valence-corrected chi connectivity index (χ2v) is 7.80. The third kappa shape index (κ3) is 6.64. The number of carbonyl (C=O) groups is 2. The highest BCUT2D eigenvalue weighted by Gasteiger charge is 2.35. The van der Waals surface area contributed by atoms with Crippen molar-refractivity contribution in [2.24, 2.45) is 0 Å². The predicted octanol–water partition coefficient (Wildman–Crippen LogP) is 2.48. The van der Waals surface area contributed by atoms with Gasteiger partial charge in [-0.1, -0.05) is 0 Å². The largest absolute Gasteiger partial charge is 0.460 e. The average Bonchev–Trinajstić information content (AvgIpc) is 2.23. The second kappa shape index (κ2) is 6.86. The smallest absolute Gasteiger partial charge is 0.410 e. The highest BCUT2D eigenvalue weighted by Crippen LogP contribution is 2.24. The highest BCUT2D eigenvalue weighted by atomic mass is 16.6. The third-order valence-corrected chi connectivity index (χ3v) is 3.14. The lowest BCUT2D eigenvalue weighted by Crippen LogP contribution is -2.50. The van der Waals surface area contributed by atoms with E-state index in [0.717, 1.165) is 0 Å². The van der Waals surface area contributed by atoms with Crippen LogP contribution in [0.2, 0.25) is 0 Å². The number of hydrogen-bond donors (Lipinski definition) is 1. The van der Waals surface area contributed by atoms with Crippen molar-refractivity contribution in [3.8, 4) is 0 Å². The fourth-order valence-electron chi connectivity index (χ4n) is 2.36. The molecule has 22 heavy (non-hydrogen) atoms. The zero-order valence-corrected chi connectivity index (χ0v) is 14.5. The summed E-state index contributed by atoms with van der Waals surface area (Å²) in [5.74, 6) is -0.375. The molecule has 1 rings (SSSR count). The number of likely N-dealkylation sites (tertiary alicyclic amines) is 1. The molecule has 0 aromatic rings. The van der Waals surface area contributed by atoms with E-state index in [1.165, 1.54) is 4.90 Å². The number of hydrogen-bond acceptors (Lipinski definition) is 5. The van der Waals surface area contributed by atoms with E-state index >= 15 is 0 Å². The van der Waals surface area contributed by atoms with Gasteiger partial charge in [-0.15, -0.1) is 0 Å². The monoisotopic (exact) mass is 315 g/mol. The summed E-state index contributed by atoms with van der Waals surface area (Å²) in [6.07, 6.45) is -0.0464. The number of aliphatic hydroxyl groups excluding tert-OH is 1. The van der Waals surface area contributed by atoms with Gasteiger partial charge in [-0.3, -0.25) is 4.79 Å². The topological polar surface area (TPSA) is 76.1 Å². The summed E-state index contributed by atoms with van der Waals surface area (Å²) in [6, 6.07) is -0.395. The van der Waals surface area contributed by atoms with Crippen LogP contribution in [0.5, 0.6) is 0 Å². The molecule has 0 bridgehead atoms. The van der Waals surface area contributed by atoms with Gasteiger partial charge >= 0.3 is 12.1 Å². The van der Waals surface area contributed by atoms with Crippen LogP contribution >= 0.6 is 0 Å². The molecule has 0 aromatic heterocycles. The molecule has 1 N–H and O–H groups in total. The van der Waals surface area contributed by atoms with Gasteiger partial charge in [-0.25, -0.2) is 4.79 Å². The molecule has 6 nitrogen and oxygen atoms in total. The molecular weight excluding hydrogens is 286 g/mol. The minimum absolute atomic E-state index is 0.0631. The first-order valence-electron chi connectivity index (χ1n) is 7.77. The average molecular weight is 315 g/mol.